The summed E-state index contributed by atoms with van der Waals surface area (Å²) in [6.45, 7) is 5.43. The Balaban J connectivity index is 1.86. The lowest BCUT2D eigenvalue weighted by Gasteiger charge is -2.20. The number of nitrogens with zero attached hydrogens (tertiary/aromatic N) is 2. The van der Waals surface area contributed by atoms with E-state index in [0.29, 0.717) is 6.04 Å². The van der Waals surface area contributed by atoms with Gasteiger partial charge in [-0.3, -0.25) is 4.98 Å². The molecule has 1 unspecified atom stereocenters. The molecule has 20 heavy (non-hydrogen) atoms. The molecule has 106 valence electrons. The van der Waals surface area contributed by atoms with Crippen LogP contribution in [0.25, 0.3) is 10.9 Å². The van der Waals surface area contributed by atoms with E-state index in [1.54, 1.807) is 0 Å². The largest absolute Gasteiger partial charge is 0.368 e. The third kappa shape index (κ3) is 2.60. The maximum atomic E-state index is 6.26. The quantitative estimate of drug-likeness (QED) is 0.934. The molecule has 1 fully saturated rings. The second-order valence-electron chi connectivity index (χ2n) is 5.35. The minimum Gasteiger partial charge on any atom is -0.368 e. The Morgan fingerprint density at radius 1 is 1.40 bits per heavy atom. The van der Waals surface area contributed by atoms with E-state index >= 15 is 0 Å². The van der Waals surface area contributed by atoms with Gasteiger partial charge in [-0.05, 0) is 43.7 Å². The van der Waals surface area contributed by atoms with Crippen LogP contribution < -0.4 is 10.2 Å². The van der Waals surface area contributed by atoms with Crippen LogP contribution in [0.2, 0.25) is 5.02 Å². The molecular formula is C16H20ClN3. The maximum Gasteiger partial charge on any atom is 0.0950 e. The van der Waals surface area contributed by atoms with Crippen LogP contribution in [-0.2, 0) is 0 Å². The molecule has 1 aromatic carbocycles. The van der Waals surface area contributed by atoms with Gasteiger partial charge in [-0.15, -0.1) is 0 Å². The molecule has 0 saturated carbocycles. The zero-order chi connectivity index (χ0) is 13.9. The van der Waals surface area contributed by atoms with Crippen LogP contribution in [0.4, 0.5) is 5.69 Å². The lowest BCUT2D eigenvalue weighted by atomic mass is 10.2. The summed E-state index contributed by atoms with van der Waals surface area (Å²) in [5.74, 6) is 0. The number of hydrogen-bond acceptors (Lipinski definition) is 3. The van der Waals surface area contributed by atoms with Crippen molar-refractivity contribution in [3.05, 3.63) is 35.5 Å². The van der Waals surface area contributed by atoms with Crippen LogP contribution >= 0.6 is 11.6 Å². The minimum atomic E-state index is 0.587. The molecule has 0 aliphatic carbocycles. The fourth-order valence-electron chi connectivity index (χ4n) is 2.87. The molecule has 2 aromatic rings. The van der Waals surface area contributed by atoms with Gasteiger partial charge >= 0.3 is 0 Å². The fraction of sp³-hybridized carbons (Fsp3) is 0.438. The Labute approximate surface area is 124 Å². The first kappa shape index (κ1) is 13.7. The van der Waals surface area contributed by atoms with Crippen molar-refractivity contribution in [2.45, 2.75) is 25.8 Å². The number of aromatic nitrogens is 1. The Hall–Kier alpha value is -1.32. The lowest BCUT2D eigenvalue weighted by molar-refractivity contribution is 0.549. The lowest BCUT2D eigenvalue weighted by Crippen LogP contribution is -2.33. The van der Waals surface area contributed by atoms with Gasteiger partial charge in [0.25, 0.3) is 0 Å². The van der Waals surface area contributed by atoms with Crippen molar-refractivity contribution >= 4 is 28.2 Å². The van der Waals surface area contributed by atoms with E-state index in [4.69, 9.17) is 11.6 Å². The smallest absolute Gasteiger partial charge is 0.0950 e. The molecule has 3 nitrogen and oxygen atoms in total. The number of anilines is 1. The first-order valence-corrected chi connectivity index (χ1v) is 7.69. The average Bonchev–Trinajstić information content (AvgIpc) is 2.94. The molecule has 0 radical (unpaired) electrons. The second-order valence-corrected chi connectivity index (χ2v) is 5.76. The van der Waals surface area contributed by atoms with E-state index in [9.17, 15) is 0 Å². The Morgan fingerprint density at radius 2 is 2.30 bits per heavy atom. The summed E-state index contributed by atoms with van der Waals surface area (Å²) in [6.07, 6.45) is 4.21. The third-order valence-corrected chi connectivity index (χ3v) is 4.24. The fourth-order valence-corrected chi connectivity index (χ4v) is 3.09. The summed E-state index contributed by atoms with van der Waals surface area (Å²) >= 11 is 6.26. The number of pyridine rings is 1. The molecular weight excluding hydrogens is 270 g/mol. The summed E-state index contributed by atoms with van der Waals surface area (Å²) in [6, 6.07) is 8.64. The van der Waals surface area contributed by atoms with Gasteiger partial charge < -0.3 is 10.2 Å². The highest BCUT2D eigenvalue weighted by Crippen LogP contribution is 2.32. The summed E-state index contributed by atoms with van der Waals surface area (Å²) in [5, 5.41) is 5.42. The zero-order valence-corrected chi connectivity index (χ0v) is 12.5. The molecule has 1 aliphatic rings. The van der Waals surface area contributed by atoms with Gasteiger partial charge in [-0.25, -0.2) is 0 Å². The predicted octanol–water partition coefficient (Wildman–Crippen LogP) is 3.47. The number of nitrogens with one attached hydrogen (secondary N) is 1. The van der Waals surface area contributed by atoms with E-state index in [1.165, 1.54) is 18.5 Å². The first-order chi connectivity index (χ1) is 9.79. The van der Waals surface area contributed by atoms with Crippen molar-refractivity contribution in [3.8, 4) is 0 Å². The number of fused-ring (bicyclic) bond motifs is 1. The van der Waals surface area contributed by atoms with Crippen molar-refractivity contribution < 1.29 is 0 Å². The van der Waals surface area contributed by atoms with Gasteiger partial charge in [0.15, 0.2) is 0 Å². The van der Waals surface area contributed by atoms with E-state index in [-0.39, 0.29) is 0 Å². The molecule has 1 aromatic heterocycles. The molecule has 0 amide bonds. The topological polar surface area (TPSA) is 28.2 Å². The molecule has 1 N–H and O–H groups in total. The third-order valence-electron chi connectivity index (χ3n) is 3.91. The number of hydrogen-bond donors (Lipinski definition) is 1. The zero-order valence-electron chi connectivity index (χ0n) is 11.8. The Morgan fingerprint density at radius 3 is 3.15 bits per heavy atom. The highest BCUT2D eigenvalue weighted by atomic mass is 35.5. The van der Waals surface area contributed by atoms with Crippen LogP contribution in [0.15, 0.2) is 30.5 Å². The molecule has 1 atom stereocenters. The highest BCUT2D eigenvalue weighted by molar-refractivity contribution is 6.35. The number of halogens is 1. The Bertz CT molecular complexity index is 599. The van der Waals surface area contributed by atoms with Crippen LogP contribution in [-0.4, -0.2) is 30.7 Å². The van der Waals surface area contributed by atoms with Gasteiger partial charge in [0.1, 0.15) is 0 Å². The van der Waals surface area contributed by atoms with Crippen LogP contribution in [0.5, 0.6) is 0 Å². The summed E-state index contributed by atoms with van der Waals surface area (Å²) in [7, 11) is 0. The van der Waals surface area contributed by atoms with Gasteiger partial charge in [0.05, 0.1) is 16.2 Å². The summed E-state index contributed by atoms with van der Waals surface area (Å²) in [5.41, 5.74) is 2.21. The van der Waals surface area contributed by atoms with Crippen molar-refractivity contribution in [1.82, 2.24) is 10.3 Å². The SMILES string of the molecule is CCCNC1CCN(c2ccc(Cl)c3cccnc23)C1. The molecule has 0 bridgehead atoms. The van der Waals surface area contributed by atoms with Gasteiger partial charge in [0, 0.05) is 30.7 Å². The average molecular weight is 290 g/mol. The molecule has 2 heterocycles. The van der Waals surface area contributed by atoms with Gasteiger partial charge in [-0.1, -0.05) is 18.5 Å². The number of benzene rings is 1. The minimum absolute atomic E-state index is 0.587. The monoisotopic (exact) mass is 289 g/mol. The maximum absolute atomic E-state index is 6.26. The molecule has 3 rings (SSSR count). The van der Waals surface area contributed by atoms with Crippen molar-refractivity contribution in [3.63, 3.8) is 0 Å². The first-order valence-electron chi connectivity index (χ1n) is 7.31. The van der Waals surface area contributed by atoms with Crippen LogP contribution in [0, 0.1) is 0 Å². The predicted molar refractivity (Wildman–Crippen MR) is 85.7 cm³/mol. The van der Waals surface area contributed by atoms with E-state index in [2.05, 4.69) is 28.2 Å². The van der Waals surface area contributed by atoms with E-state index in [1.807, 2.05) is 24.4 Å². The van der Waals surface area contributed by atoms with Crippen molar-refractivity contribution in [2.24, 2.45) is 0 Å². The summed E-state index contributed by atoms with van der Waals surface area (Å²) in [4.78, 5) is 6.94. The molecule has 1 aliphatic heterocycles. The van der Waals surface area contributed by atoms with Crippen molar-refractivity contribution in [2.75, 3.05) is 24.5 Å². The molecule has 1 saturated heterocycles. The molecule has 0 spiro atoms. The normalized spacial score (nSPS) is 18.9. The standard InChI is InChI=1S/C16H20ClN3/c1-2-8-18-12-7-10-20(11-12)15-6-5-14(17)13-4-3-9-19-16(13)15/h3-6,9,12,18H,2,7-8,10-11H2,1H3. The van der Waals surface area contributed by atoms with Crippen LogP contribution in [0.1, 0.15) is 19.8 Å². The van der Waals surface area contributed by atoms with E-state index in [0.717, 1.165) is 35.6 Å². The Kier molecular flexibility index (Phi) is 4.08. The summed E-state index contributed by atoms with van der Waals surface area (Å²) < 4.78 is 0. The highest BCUT2D eigenvalue weighted by Gasteiger charge is 2.23. The van der Waals surface area contributed by atoms with Crippen LogP contribution in [0.3, 0.4) is 0 Å². The van der Waals surface area contributed by atoms with E-state index < -0.39 is 0 Å². The van der Waals surface area contributed by atoms with Gasteiger partial charge in [-0.2, -0.15) is 0 Å². The van der Waals surface area contributed by atoms with Crippen molar-refractivity contribution in [1.29, 1.82) is 0 Å². The number of rotatable bonds is 4. The van der Waals surface area contributed by atoms with Gasteiger partial charge in [0.2, 0.25) is 0 Å². The second kappa shape index (κ2) is 5.98. The molecule has 4 heteroatoms.